The summed E-state index contributed by atoms with van der Waals surface area (Å²) in [6.07, 6.45) is 1.41. The number of nitrogens with one attached hydrogen (secondary N) is 1. The molecule has 8 heteroatoms. The molecule has 1 aromatic carbocycles. The maximum absolute atomic E-state index is 12.1. The molecule has 0 aliphatic heterocycles. The van der Waals surface area contributed by atoms with Gasteiger partial charge in [-0.25, -0.2) is 5.43 Å². The summed E-state index contributed by atoms with van der Waals surface area (Å²) in [6, 6.07) is 5.36. The first kappa shape index (κ1) is 19.0. The number of amides is 1. The van der Waals surface area contributed by atoms with Crippen molar-refractivity contribution < 1.29 is 9.90 Å². The molecule has 0 unspecified atom stereocenters. The number of carbonyl (C=O) groups excluding carboxylic acids is 1. The number of carbonyl (C=O) groups is 1. The van der Waals surface area contributed by atoms with E-state index >= 15 is 0 Å². The quantitative estimate of drug-likeness (QED) is 0.569. The van der Waals surface area contributed by atoms with Crippen molar-refractivity contribution in [2.75, 3.05) is 18.0 Å². The SMILES string of the molecule is CCN(CC)c1ccc(C=NNC(=O)c2nn(C)c(C)c2Br)c(O)c1. The molecule has 0 saturated carbocycles. The third-order valence-corrected chi connectivity index (χ3v) is 4.94. The zero-order valence-electron chi connectivity index (χ0n) is 14.7. The highest BCUT2D eigenvalue weighted by molar-refractivity contribution is 9.10. The molecule has 2 rings (SSSR count). The Balaban J connectivity index is 2.09. The molecular formula is C17H22BrN5O2. The monoisotopic (exact) mass is 407 g/mol. The number of hydrogen-bond donors (Lipinski definition) is 2. The van der Waals surface area contributed by atoms with Gasteiger partial charge in [-0.05, 0) is 48.8 Å². The molecule has 0 aliphatic rings. The molecule has 0 atom stereocenters. The van der Waals surface area contributed by atoms with Crippen molar-refractivity contribution in [2.24, 2.45) is 12.1 Å². The number of benzene rings is 1. The number of phenolic OH excluding ortho intramolecular Hbond substituents is 1. The smallest absolute Gasteiger partial charge is 0.293 e. The Labute approximate surface area is 155 Å². The summed E-state index contributed by atoms with van der Waals surface area (Å²) in [5, 5.41) is 18.2. The van der Waals surface area contributed by atoms with E-state index in [1.54, 1.807) is 23.9 Å². The van der Waals surface area contributed by atoms with Crippen molar-refractivity contribution in [3.05, 3.63) is 39.6 Å². The zero-order chi connectivity index (χ0) is 18.6. The largest absolute Gasteiger partial charge is 0.507 e. The minimum absolute atomic E-state index is 0.109. The van der Waals surface area contributed by atoms with Crippen molar-refractivity contribution in [2.45, 2.75) is 20.8 Å². The Morgan fingerprint density at radius 1 is 1.44 bits per heavy atom. The Kier molecular flexibility index (Phi) is 6.19. The van der Waals surface area contributed by atoms with Gasteiger partial charge in [-0.2, -0.15) is 10.2 Å². The van der Waals surface area contributed by atoms with Crippen molar-refractivity contribution in [3.8, 4) is 5.75 Å². The molecule has 1 aromatic heterocycles. The predicted octanol–water partition coefficient (Wildman–Crippen LogP) is 2.81. The number of nitrogens with zero attached hydrogens (tertiary/aromatic N) is 4. The fraction of sp³-hybridized carbons (Fsp3) is 0.353. The van der Waals surface area contributed by atoms with E-state index in [9.17, 15) is 9.90 Å². The van der Waals surface area contributed by atoms with E-state index in [4.69, 9.17) is 0 Å². The number of halogens is 1. The second-order valence-electron chi connectivity index (χ2n) is 5.49. The first-order chi connectivity index (χ1) is 11.9. The van der Waals surface area contributed by atoms with Crippen LogP contribution in [0.4, 0.5) is 5.69 Å². The maximum atomic E-state index is 12.1. The van der Waals surface area contributed by atoms with E-state index in [0.717, 1.165) is 24.5 Å². The average molecular weight is 408 g/mol. The van der Waals surface area contributed by atoms with Gasteiger partial charge in [0.25, 0.3) is 5.91 Å². The lowest BCUT2D eigenvalue weighted by Gasteiger charge is -2.21. The molecule has 1 heterocycles. The third kappa shape index (κ3) is 4.19. The van der Waals surface area contributed by atoms with Gasteiger partial charge in [-0.1, -0.05) is 0 Å². The second kappa shape index (κ2) is 8.15. The van der Waals surface area contributed by atoms with Crippen LogP contribution in [0.25, 0.3) is 0 Å². The highest BCUT2D eigenvalue weighted by Gasteiger charge is 2.17. The van der Waals surface area contributed by atoms with Gasteiger partial charge in [0.15, 0.2) is 5.69 Å². The first-order valence-electron chi connectivity index (χ1n) is 7.99. The first-order valence-corrected chi connectivity index (χ1v) is 8.78. The van der Waals surface area contributed by atoms with Crippen molar-refractivity contribution in [1.82, 2.24) is 15.2 Å². The summed E-state index contributed by atoms with van der Waals surface area (Å²) >= 11 is 3.34. The van der Waals surface area contributed by atoms with Crippen LogP contribution in [0.2, 0.25) is 0 Å². The van der Waals surface area contributed by atoms with E-state index in [-0.39, 0.29) is 11.4 Å². The minimum atomic E-state index is -0.425. The summed E-state index contributed by atoms with van der Waals surface area (Å²) in [4.78, 5) is 14.3. The molecule has 0 aliphatic carbocycles. The number of hydrogen-bond acceptors (Lipinski definition) is 5. The van der Waals surface area contributed by atoms with E-state index in [2.05, 4.69) is 50.3 Å². The second-order valence-corrected chi connectivity index (χ2v) is 6.28. The summed E-state index contributed by atoms with van der Waals surface area (Å²) in [5.41, 5.74) is 4.99. The standard InChI is InChI=1S/C17H22BrN5O2/c1-5-23(6-2)13-8-7-12(14(24)9-13)10-19-20-17(25)16-15(18)11(3)22(4)21-16/h7-10,24H,5-6H2,1-4H3,(H,20,25). The van der Waals surface area contributed by atoms with Crippen molar-refractivity contribution in [1.29, 1.82) is 0 Å². The zero-order valence-corrected chi connectivity index (χ0v) is 16.3. The number of aryl methyl sites for hydroxylation is 1. The molecule has 1 amide bonds. The fourth-order valence-electron chi connectivity index (χ4n) is 2.37. The van der Waals surface area contributed by atoms with Gasteiger partial charge in [0, 0.05) is 37.5 Å². The number of rotatable bonds is 6. The Bertz CT molecular complexity index is 797. The van der Waals surface area contributed by atoms with Crippen LogP contribution in [-0.4, -0.2) is 40.1 Å². The van der Waals surface area contributed by atoms with Crippen LogP contribution >= 0.6 is 15.9 Å². The molecule has 0 bridgehead atoms. The van der Waals surface area contributed by atoms with Crippen LogP contribution in [0, 0.1) is 6.92 Å². The molecule has 0 radical (unpaired) electrons. The number of aromatic hydroxyl groups is 1. The molecule has 0 fully saturated rings. The number of anilines is 1. The highest BCUT2D eigenvalue weighted by atomic mass is 79.9. The molecule has 134 valence electrons. The third-order valence-electron chi connectivity index (χ3n) is 3.99. The van der Waals surface area contributed by atoms with Gasteiger partial charge < -0.3 is 10.0 Å². The van der Waals surface area contributed by atoms with E-state index in [1.165, 1.54) is 6.21 Å². The lowest BCUT2D eigenvalue weighted by atomic mass is 10.2. The van der Waals surface area contributed by atoms with Gasteiger partial charge in [-0.15, -0.1) is 0 Å². The van der Waals surface area contributed by atoms with Crippen LogP contribution in [0.5, 0.6) is 5.75 Å². The lowest BCUT2D eigenvalue weighted by molar-refractivity contribution is 0.0948. The molecule has 25 heavy (non-hydrogen) atoms. The molecule has 0 spiro atoms. The fourth-order valence-corrected chi connectivity index (χ4v) is 2.88. The molecule has 0 saturated heterocycles. The summed E-state index contributed by atoms with van der Waals surface area (Å²) < 4.78 is 2.25. The van der Waals surface area contributed by atoms with Gasteiger partial charge >= 0.3 is 0 Å². The normalized spacial score (nSPS) is 11.1. The van der Waals surface area contributed by atoms with Crippen molar-refractivity contribution in [3.63, 3.8) is 0 Å². The van der Waals surface area contributed by atoms with E-state index < -0.39 is 5.91 Å². The van der Waals surface area contributed by atoms with Crippen LogP contribution in [0.3, 0.4) is 0 Å². The Hall–Kier alpha value is -2.35. The number of phenols is 1. The van der Waals surface area contributed by atoms with Gasteiger partial charge in [0.05, 0.1) is 16.4 Å². The highest BCUT2D eigenvalue weighted by Crippen LogP contribution is 2.23. The molecular weight excluding hydrogens is 386 g/mol. The summed E-state index contributed by atoms with van der Waals surface area (Å²) in [5.74, 6) is -0.316. The van der Waals surface area contributed by atoms with Gasteiger partial charge in [0.2, 0.25) is 0 Å². The molecule has 2 N–H and O–H groups in total. The van der Waals surface area contributed by atoms with E-state index in [1.807, 2.05) is 13.0 Å². The maximum Gasteiger partial charge on any atom is 0.293 e. The predicted molar refractivity (Wildman–Crippen MR) is 102 cm³/mol. The lowest BCUT2D eigenvalue weighted by Crippen LogP contribution is -2.21. The molecule has 7 nitrogen and oxygen atoms in total. The van der Waals surface area contributed by atoms with E-state index in [0.29, 0.717) is 10.0 Å². The van der Waals surface area contributed by atoms with Gasteiger partial charge in [0.1, 0.15) is 5.75 Å². The Morgan fingerprint density at radius 2 is 2.12 bits per heavy atom. The Morgan fingerprint density at radius 3 is 2.64 bits per heavy atom. The van der Waals surface area contributed by atoms with Crippen molar-refractivity contribution >= 4 is 33.7 Å². The van der Waals surface area contributed by atoms with Gasteiger partial charge in [-0.3, -0.25) is 9.48 Å². The number of hydrazone groups is 1. The number of aromatic nitrogens is 2. The van der Waals surface area contributed by atoms with Crippen LogP contribution in [0.15, 0.2) is 27.8 Å². The average Bonchev–Trinajstić information content (AvgIpc) is 2.85. The summed E-state index contributed by atoms with van der Waals surface area (Å²) in [7, 11) is 1.76. The van der Waals surface area contributed by atoms with Crippen LogP contribution in [0.1, 0.15) is 35.6 Å². The minimum Gasteiger partial charge on any atom is -0.507 e. The summed E-state index contributed by atoms with van der Waals surface area (Å²) in [6.45, 7) is 7.69. The molecule has 2 aromatic rings. The topological polar surface area (TPSA) is 82.8 Å². The van der Waals surface area contributed by atoms with Crippen LogP contribution < -0.4 is 10.3 Å². The van der Waals surface area contributed by atoms with Crippen LogP contribution in [-0.2, 0) is 7.05 Å².